The molecular formula is C18H18N6O. The number of imidazole rings is 1. The molecule has 0 spiro atoms. The van der Waals surface area contributed by atoms with Crippen LogP contribution >= 0.6 is 0 Å². The molecule has 1 N–H and O–H groups in total. The standard InChI is InChI=1S/C18H18N6O/c25-18(14-1-5-19-6-2-14)24-11-3-13(4-12-24)15-16(21-8-7-20-15)17-22-9-10-23-17/h1-2,5-10,13H,3-4,11-12H2,(H,22,23). The second kappa shape index (κ2) is 6.80. The molecule has 3 aromatic heterocycles. The number of carbonyl (C=O) groups is 1. The Morgan fingerprint density at radius 3 is 2.48 bits per heavy atom. The van der Waals surface area contributed by atoms with Gasteiger partial charge in [-0.1, -0.05) is 0 Å². The van der Waals surface area contributed by atoms with Gasteiger partial charge in [-0.15, -0.1) is 0 Å². The minimum absolute atomic E-state index is 0.0613. The molecule has 0 bridgehead atoms. The zero-order chi connectivity index (χ0) is 17.1. The Hall–Kier alpha value is -3.09. The lowest BCUT2D eigenvalue weighted by atomic mass is 9.91. The molecule has 0 unspecified atom stereocenters. The van der Waals surface area contributed by atoms with Crippen LogP contribution < -0.4 is 0 Å². The maximum absolute atomic E-state index is 12.6. The van der Waals surface area contributed by atoms with Crippen molar-refractivity contribution >= 4 is 5.91 Å². The van der Waals surface area contributed by atoms with Crippen LogP contribution in [0.5, 0.6) is 0 Å². The van der Waals surface area contributed by atoms with Crippen LogP contribution in [0.2, 0.25) is 0 Å². The summed E-state index contributed by atoms with van der Waals surface area (Å²) in [6.07, 6.45) is 11.9. The van der Waals surface area contributed by atoms with Crippen LogP contribution in [-0.2, 0) is 0 Å². The van der Waals surface area contributed by atoms with Gasteiger partial charge in [0.25, 0.3) is 5.91 Å². The number of rotatable bonds is 3. The average Bonchev–Trinajstić information content (AvgIpc) is 3.23. The number of nitrogens with one attached hydrogen (secondary N) is 1. The van der Waals surface area contributed by atoms with Crippen molar-refractivity contribution in [3.63, 3.8) is 0 Å². The number of likely N-dealkylation sites (tertiary alicyclic amines) is 1. The zero-order valence-corrected chi connectivity index (χ0v) is 13.7. The Bertz CT molecular complexity index is 841. The lowest BCUT2D eigenvalue weighted by Gasteiger charge is -2.32. The number of amides is 1. The summed E-state index contributed by atoms with van der Waals surface area (Å²) >= 11 is 0. The van der Waals surface area contributed by atoms with Crippen molar-refractivity contribution in [1.82, 2.24) is 29.8 Å². The Morgan fingerprint density at radius 1 is 1.00 bits per heavy atom. The largest absolute Gasteiger partial charge is 0.343 e. The Kier molecular flexibility index (Phi) is 4.20. The normalized spacial score (nSPS) is 15.3. The van der Waals surface area contributed by atoms with Crippen molar-refractivity contribution in [3.8, 4) is 11.5 Å². The summed E-state index contributed by atoms with van der Waals surface area (Å²) in [5.41, 5.74) is 2.43. The van der Waals surface area contributed by atoms with Crippen LogP contribution in [0, 0.1) is 0 Å². The second-order valence-corrected chi connectivity index (χ2v) is 6.03. The van der Waals surface area contributed by atoms with Crippen molar-refractivity contribution < 1.29 is 4.79 Å². The molecule has 25 heavy (non-hydrogen) atoms. The number of aromatic nitrogens is 5. The number of H-pyrrole nitrogens is 1. The number of pyridine rings is 1. The third-order valence-electron chi connectivity index (χ3n) is 4.55. The van der Waals surface area contributed by atoms with Gasteiger partial charge in [-0.3, -0.25) is 14.8 Å². The molecule has 1 aliphatic heterocycles. The first-order valence-electron chi connectivity index (χ1n) is 8.33. The van der Waals surface area contributed by atoms with Crippen LogP contribution in [0.25, 0.3) is 11.5 Å². The number of nitrogens with zero attached hydrogens (tertiary/aromatic N) is 5. The van der Waals surface area contributed by atoms with E-state index in [1.165, 1.54) is 0 Å². The fourth-order valence-corrected chi connectivity index (χ4v) is 3.26. The molecule has 1 saturated heterocycles. The van der Waals surface area contributed by atoms with Crippen LogP contribution in [0.3, 0.4) is 0 Å². The van der Waals surface area contributed by atoms with Crippen molar-refractivity contribution in [3.05, 3.63) is 60.6 Å². The molecule has 0 aromatic carbocycles. The van der Waals surface area contributed by atoms with E-state index in [2.05, 4.69) is 24.9 Å². The molecule has 0 atom stereocenters. The van der Waals surface area contributed by atoms with E-state index in [9.17, 15) is 4.79 Å². The molecular weight excluding hydrogens is 316 g/mol. The molecule has 3 aromatic rings. The first-order valence-corrected chi connectivity index (χ1v) is 8.33. The van der Waals surface area contributed by atoms with E-state index in [4.69, 9.17) is 0 Å². The maximum atomic E-state index is 12.6. The van der Waals surface area contributed by atoms with E-state index >= 15 is 0 Å². The summed E-state index contributed by atoms with van der Waals surface area (Å²) < 4.78 is 0. The van der Waals surface area contributed by atoms with E-state index in [0.717, 1.165) is 30.1 Å². The van der Waals surface area contributed by atoms with Gasteiger partial charge in [0.15, 0.2) is 5.82 Å². The van der Waals surface area contributed by atoms with Gasteiger partial charge in [0.2, 0.25) is 0 Å². The van der Waals surface area contributed by atoms with Gasteiger partial charge in [0, 0.05) is 61.8 Å². The van der Waals surface area contributed by atoms with E-state index in [1.807, 2.05) is 4.90 Å². The lowest BCUT2D eigenvalue weighted by molar-refractivity contribution is 0.0712. The van der Waals surface area contributed by atoms with Crippen LogP contribution in [0.1, 0.15) is 34.8 Å². The highest BCUT2D eigenvalue weighted by molar-refractivity contribution is 5.94. The molecule has 7 nitrogen and oxygen atoms in total. The van der Waals surface area contributed by atoms with Gasteiger partial charge in [-0.2, -0.15) is 0 Å². The maximum Gasteiger partial charge on any atom is 0.253 e. The van der Waals surface area contributed by atoms with Crippen molar-refractivity contribution in [2.24, 2.45) is 0 Å². The van der Waals surface area contributed by atoms with E-state index in [0.29, 0.717) is 18.7 Å². The summed E-state index contributed by atoms with van der Waals surface area (Å²) in [6.45, 7) is 1.42. The predicted octanol–water partition coefficient (Wildman–Crippen LogP) is 2.28. The smallest absolute Gasteiger partial charge is 0.253 e. The van der Waals surface area contributed by atoms with Gasteiger partial charge in [0.05, 0.1) is 5.69 Å². The van der Waals surface area contributed by atoms with Crippen LogP contribution in [0.4, 0.5) is 0 Å². The third-order valence-corrected chi connectivity index (χ3v) is 4.55. The molecule has 0 aliphatic carbocycles. The quantitative estimate of drug-likeness (QED) is 0.794. The highest BCUT2D eigenvalue weighted by Crippen LogP contribution is 2.31. The minimum Gasteiger partial charge on any atom is -0.343 e. The summed E-state index contributed by atoms with van der Waals surface area (Å²) in [6, 6.07) is 3.51. The monoisotopic (exact) mass is 334 g/mol. The van der Waals surface area contributed by atoms with Crippen molar-refractivity contribution in [2.45, 2.75) is 18.8 Å². The molecule has 1 aliphatic rings. The summed E-state index contributed by atoms with van der Waals surface area (Å²) in [5.74, 6) is 1.07. The zero-order valence-electron chi connectivity index (χ0n) is 13.7. The highest BCUT2D eigenvalue weighted by atomic mass is 16.2. The van der Waals surface area contributed by atoms with E-state index < -0.39 is 0 Å². The number of hydrogen-bond donors (Lipinski definition) is 1. The van der Waals surface area contributed by atoms with E-state index in [-0.39, 0.29) is 11.8 Å². The lowest BCUT2D eigenvalue weighted by Crippen LogP contribution is -2.38. The molecule has 126 valence electrons. The highest BCUT2D eigenvalue weighted by Gasteiger charge is 2.27. The summed E-state index contributed by atoms with van der Waals surface area (Å²) in [5, 5.41) is 0. The van der Waals surface area contributed by atoms with Gasteiger partial charge < -0.3 is 9.88 Å². The molecule has 0 saturated carbocycles. The molecule has 7 heteroatoms. The van der Waals surface area contributed by atoms with Crippen LogP contribution in [-0.4, -0.2) is 48.8 Å². The third kappa shape index (κ3) is 3.13. The number of carbonyl (C=O) groups excluding carboxylic acids is 1. The Labute approximate surface area is 145 Å². The average molecular weight is 334 g/mol. The number of piperidine rings is 1. The first-order chi connectivity index (χ1) is 12.3. The minimum atomic E-state index is 0.0613. The van der Waals surface area contributed by atoms with Gasteiger partial charge >= 0.3 is 0 Å². The predicted molar refractivity (Wildman–Crippen MR) is 91.7 cm³/mol. The molecule has 1 amide bonds. The van der Waals surface area contributed by atoms with E-state index in [1.54, 1.807) is 49.3 Å². The fraction of sp³-hybridized carbons (Fsp3) is 0.278. The molecule has 1 fully saturated rings. The summed E-state index contributed by atoms with van der Waals surface area (Å²) in [7, 11) is 0. The Balaban J connectivity index is 1.49. The van der Waals surface area contributed by atoms with Crippen molar-refractivity contribution in [2.75, 3.05) is 13.1 Å². The number of hydrogen-bond acceptors (Lipinski definition) is 5. The molecule has 4 heterocycles. The number of aromatic amines is 1. The van der Waals surface area contributed by atoms with Gasteiger partial charge in [-0.25, -0.2) is 9.97 Å². The fourth-order valence-electron chi connectivity index (χ4n) is 3.26. The Morgan fingerprint density at radius 2 is 1.76 bits per heavy atom. The van der Waals surface area contributed by atoms with Gasteiger partial charge in [-0.05, 0) is 25.0 Å². The van der Waals surface area contributed by atoms with Crippen molar-refractivity contribution in [1.29, 1.82) is 0 Å². The van der Waals surface area contributed by atoms with Crippen LogP contribution in [0.15, 0.2) is 49.3 Å². The van der Waals surface area contributed by atoms with Gasteiger partial charge in [0.1, 0.15) is 5.69 Å². The first kappa shape index (κ1) is 15.4. The second-order valence-electron chi connectivity index (χ2n) is 6.03. The summed E-state index contributed by atoms with van der Waals surface area (Å²) in [4.78, 5) is 34.8. The SMILES string of the molecule is O=C(c1ccncc1)N1CCC(c2nccnc2-c2ncc[nH]2)CC1. The molecule has 0 radical (unpaired) electrons. The molecule has 4 rings (SSSR count). The topological polar surface area (TPSA) is 87.7 Å².